The van der Waals surface area contributed by atoms with Gasteiger partial charge in [0.2, 0.25) is 0 Å². The van der Waals surface area contributed by atoms with Crippen LogP contribution in [0.15, 0.2) is 47.6 Å². The topological polar surface area (TPSA) is 100 Å². The molecule has 2 aromatic carbocycles. The zero-order valence-corrected chi connectivity index (χ0v) is 13.3. The van der Waals surface area contributed by atoms with Crippen molar-refractivity contribution in [1.29, 1.82) is 0 Å². The number of rotatable bonds is 6. The molecular formula is C17H18N2O5. The molecule has 0 heterocycles. The van der Waals surface area contributed by atoms with Gasteiger partial charge in [0.1, 0.15) is 23.0 Å². The van der Waals surface area contributed by atoms with E-state index in [1.54, 1.807) is 38.3 Å². The van der Waals surface area contributed by atoms with E-state index in [-0.39, 0.29) is 18.1 Å². The molecule has 0 aromatic heterocycles. The summed E-state index contributed by atoms with van der Waals surface area (Å²) >= 11 is 0. The van der Waals surface area contributed by atoms with Gasteiger partial charge in [-0.1, -0.05) is 0 Å². The monoisotopic (exact) mass is 330 g/mol. The maximum absolute atomic E-state index is 11.7. The van der Waals surface area contributed by atoms with Gasteiger partial charge in [0.15, 0.2) is 6.61 Å². The number of aromatic hydroxyl groups is 2. The molecule has 2 rings (SSSR count). The molecule has 0 spiro atoms. The molecular weight excluding hydrogens is 312 g/mol. The van der Waals surface area contributed by atoms with Crippen molar-refractivity contribution in [1.82, 2.24) is 5.43 Å². The van der Waals surface area contributed by atoms with Crippen molar-refractivity contribution >= 4 is 11.6 Å². The van der Waals surface area contributed by atoms with Crippen LogP contribution in [0.25, 0.3) is 0 Å². The number of ether oxygens (including phenoxy) is 2. The number of carbonyl (C=O) groups is 1. The summed E-state index contributed by atoms with van der Waals surface area (Å²) < 4.78 is 10.4. The Morgan fingerprint density at radius 3 is 2.42 bits per heavy atom. The molecule has 0 saturated heterocycles. The molecule has 7 heteroatoms. The minimum Gasteiger partial charge on any atom is -0.508 e. The second-order valence-electron chi connectivity index (χ2n) is 4.90. The van der Waals surface area contributed by atoms with Crippen molar-refractivity contribution < 1.29 is 24.5 Å². The van der Waals surface area contributed by atoms with Crippen LogP contribution in [0, 0.1) is 0 Å². The second kappa shape index (κ2) is 7.87. The highest BCUT2D eigenvalue weighted by Gasteiger charge is 2.07. The number of carbonyl (C=O) groups excluding carboxylic acids is 1. The van der Waals surface area contributed by atoms with Gasteiger partial charge >= 0.3 is 0 Å². The minimum atomic E-state index is -0.441. The number of phenols is 2. The largest absolute Gasteiger partial charge is 0.508 e. The number of nitrogens with zero attached hydrogens (tertiary/aromatic N) is 1. The summed E-state index contributed by atoms with van der Waals surface area (Å²) in [6, 6.07) is 11.0. The van der Waals surface area contributed by atoms with E-state index in [1.165, 1.54) is 18.2 Å². The van der Waals surface area contributed by atoms with Crippen LogP contribution in [-0.2, 0) is 4.79 Å². The maximum atomic E-state index is 11.7. The first-order valence-electron chi connectivity index (χ1n) is 7.12. The molecule has 0 aliphatic carbocycles. The molecule has 0 fully saturated rings. The summed E-state index contributed by atoms with van der Waals surface area (Å²) in [6.45, 7) is 1.42. The summed E-state index contributed by atoms with van der Waals surface area (Å²) in [5.74, 6) is 0.605. The maximum Gasteiger partial charge on any atom is 0.277 e. The van der Waals surface area contributed by atoms with E-state index in [0.29, 0.717) is 22.8 Å². The van der Waals surface area contributed by atoms with Gasteiger partial charge in [-0.25, -0.2) is 5.43 Å². The number of benzene rings is 2. The zero-order valence-electron chi connectivity index (χ0n) is 13.3. The Balaban J connectivity index is 1.89. The summed E-state index contributed by atoms with van der Waals surface area (Å²) in [6.07, 6.45) is 0. The highest BCUT2D eigenvalue weighted by molar-refractivity contribution is 6.01. The van der Waals surface area contributed by atoms with Gasteiger partial charge in [0.05, 0.1) is 12.8 Å². The fraction of sp³-hybridized carbons (Fsp3) is 0.176. The van der Waals surface area contributed by atoms with Gasteiger partial charge in [-0.15, -0.1) is 0 Å². The third kappa shape index (κ3) is 4.64. The number of methoxy groups -OCH3 is 1. The van der Waals surface area contributed by atoms with Gasteiger partial charge < -0.3 is 19.7 Å². The van der Waals surface area contributed by atoms with E-state index < -0.39 is 5.91 Å². The van der Waals surface area contributed by atoms with Crippen molar-refractivity contribution in [2.75, 3.05) is 13.7 Å². The normalized spacial score (nSPS) is 11.0. The average molecular weight is 330 g/mol. The van der Waals surface area contributed by atoms with Gasteiger partial charge in [-0.05, 0) is 43.3 Å². The Morgan fingerprint density at radius 2 is 1.79 bits per heavy atom. The summed E-state index contributed by atoms with van der Waals surface area (Å²) in [5, 5.41) is 22.9. The number of hydrogen-bond donors (Lipinski definition) is 3. The first kappa shape index (κ1) is 17.1. The van der Waals surface area contributed by atoms with Gasteiger partial charge in [-0.3, -0.25) is 4.79 Å². The highest BCUT2D eigenvalue weighted by Crippen LogP contribution is 2.23. The van der Waals surface area contributed by atoms with Gasteiger partial charge in [-0.2, -0.15) is 5.10 Å². The van der Waals surface area contributed by atoms with Crippen LogP contribution in [0.1, 0.15) is 12.5 Å². The van der Waals surface area contributed by atoms with Crippen molar-refractivity contribution in [3.63, 3.8) is 0 Å². The first-order chi connectivity index (χ1) is 11.5. The molecule has 0 aliphatic rings. The van der Waals surface area contributed by atoms with Crippen LogP contribution in [0.5, 0.6) is 23.0 Å². The molecule has 0 radical (unpaired) electrons. The van der Waals surface area contributed by atoms with Crippen molar-refractivity contribution in [3.8, 4) is 23.0 Å². The number of amides is 1. The Morgan fingerprint density at radius 1 is 1.12 bits per heavy atom. The molecule has 1 amide bonds. The lowest BCUT2D eigenvalue weighted by molar-refractivity contribution is -0.123. The molecule has 0 atom stereocenters. The summed E-state index contributed by atoms with van der Waals surface area (Å²) in [5.41, 5.74) is 3.14. The van der Waals surface area contributed by atoms with Crippen molar-refractivity contribution in [2.45, 2.75) is 6.92 Å². The Bertz CT molecular complexity index is 741. The molecule has 0 unspecified atom stereocenters. The summed E-state index contributed by atoms with van der Waals surface area (Å²) in [4.78, 5) is 11.7. The third-order valence-corrected chi connectivity index (χ3v) is 3.15. The highest BCUT2D eigenvalue weighted by atomic mass is 16.5. The molecule has 0 bridgehead atoms. The van der Waals surface area contributed by atoms with E-state index in [0.717, 1.165) is 0 Å². The number of phenolic OH excluding ortho intramolecular Hbond substituents is 2. The molecule has 126 valence electrons. The fourth-order valence-corrected chi connectivity index (χ4v) is 1.89. The van der Waals surface area contributed by atoms with E-state index in [4.69, 9.17) is 9.47 Å². The van der Waals surface area contributed by atoms with Crippen LogP contribution in [-0.4, -0.2) is 35.5 Å². The number of nitrogens with one attached hydrogen (secondary N) is 1. The molecule has 24 heavy (non-hydrogen) atoms. The Hall–Kier alpha value is -3.22. The predicted molar refractivity (Wildman–Crippen MR) is 88.6 cm³/mol. The van der Waals surface area contributed by atoms with Crippen molar-refractivity contribution in [2.24, 2.45) is 5.10 Å². The van der Waals surface area contributed by atoms with Crippen LogP contribution in [0.4, 0.5) is 0 Å². The van der Waals surface area contributed by atoms with E-state index in [2.05, 4.69) is 10.5 Å². The lowest BCUT2D eigenvalue weighted by Crippen LogP contribution is -2.25. The Labute approximate surface area is 139 Å². The lowest BCUT2D eigenvalue weighted by Gasteiger charge is -2.07. The quantitative estimate of drug-likeness (QED) is 0.556. The standard InChI is InChI=1S/C17H18N2O5/c1-11(15-8-3-12(20)9-16(15)21)18-19-17(22)10-24-14-6-4-13(23-2)5-7-14/h3-9,20-21H,10H2,1-2H3,(H,19,22)/b18-11+. The minimum absolute atomic E-state index is 0.0547. The molecule has 7 nitrogen and oxygen atoms in total. The lowest BCUT2D eigenvalue weighted by atomic mass is 10.1. The Kier molecular flexibility index (Phi) is 5.62. The van der Waals surface area contributed by atoms with E-state index in [9.17, 15) is 15.0 Å². The van der Waals surface area contributed by atoms with Crippen LogP contribution < -0.4 is 14.9 Å². The van der Waals surface area contributed by atoms with Gasteiger partial charge in [0.25, 0.3) is 5.91 Å². The smallest absolute Gasteiger partial charge is 0.277 e. The fourth-order valence-electron chi connectivity index (χ4n) is 1.89. The number of hydrazone groups is 1. The molecule has 2 aromatic rings. The van der Waals surface area contributed by atoms with Gasteiger partial charge in [0, 0.05) is 11.6 Å². The number of hydrogen-bond acceptors (Lipinski definition) is 6. The second-order valence-corrected chi connectivity index (χ2v) is 4.90. The van der Waals surface area contributed by atoms with Crippen LogP contribution >= 0.6 is 0 Å². The predicted octanol–water partition coefficient (Wildman–Crippen LogP) is 2.03. The first-order valence-corrected chi connectivity index (χ1v) is 7.12. The average Bonchev–Trinajstić information content (AvgIpc) is 2.58. The zero-order chi connectivity index (χ0) is 17.5. The molecule has 0 saturated carbocycles. The van der Waals surface area contributed by atoms with Crippen molar-refractivity contribution in [3.05, 3.63) is 48.0 Å². The summed E-state index contributed by atoms with van der Waals surface area (Å²) in [7, 11) is 1.57. The van der Waals surface area contributed by atoms with Crippen LogP contribution in [0.3, 0.4) is 0 Å². The molecule has 3 N–H and O–H groups in total. The SMILES string of the molecule is COc1ccc(OCC(=O)N/N=C(\C)c2ccc(O)cc2O)cc1. The third-order valence-electron chi connectivity index (χ3n) is 3.15. The van der Waals surface area contributed by atoms with E-state index in [1.807, 2.05) is 0 Å². The van der Waals surface area contributed by atoms with E-state index >= 15 is 0 Å². The van der Waals surface area contributed by atoms with Crippen LogP contribution in [0.2, 0.25) is 0 Å². The molecule has 0 aliphatic heterocycles.